The van der Waals surface area contributed by atoms with E-state index < -0.39 is 17.7 Å². The van der Waals surface area contributed by atoms with Crippen molar-refractivity contribution < 1.29 is 28.9 Å². The first-order valence-electron chi connectivity index (χ1n) is 9.91. The van der Waals surface area contributed by atoms with Crippen LogP contribution in [-0.4, -0.2) is 60.2 Å². The molecule has 1 aromatic carbocycles. The molecule has 1 aliphatic heterocycles. The molecule has 1 aliphatic rings. The zero-order chi connectivity index (χ0) is 22.5. The topological polar surface area (TPSA) is 98.2 Å². The highest BCUT2D eigenvalue weighted by molar-refractivity contribution is 6.46. The number of hydrogen-bond donors (Lipinski definition) is 1. The van der Waals surface area contributed by atoms with Crippen LogP contribution in [-0.2, 0) is 14.3 Å². The third kappa shape index (κ3) is 4.54. The fourth-order valence-electron chi connectivity index (χ4n) is 3.53. The van der Waals surface area contributed by atoms with Gasteiger partial charge in [0.2, 0.25) is 0 Å². The number of nitrogens with zero attached hydrogens (tertiary/aromatic N) is 2. The van der Waals surface area contributed by atoms with Crippen molar-refractivity contribution in [1.29, 1.82) is 0 Å². The smallest absolute Gasteiger partial charge is 0.295 e. The minimum Gasteiger partial charge on any atom is -0.507 e. The van der Waals surface area contributed by atoms with E-state index in [2.05, 4.69) is 4.98 Å². The summed E-state index contributed by atoms with van der Waals surface area (Å²) in [6, 6.07) is 7.49. The molecule has 3 rings (SSSR count). The molecule has 1 saturated heterocycles. The normalized spacial score (nSPS) is 18.0. The fraction of sp³-hybridized carbons (Fsp3) is 0.348. The van der Waals surface area contributed by atoms with Crippen LogP contribution < -0.4 is 9.47 Å². The van der Waals surface area contributed by atoms with E-state index in [4.69, 9.17) is 14.2 Å². The number of hydrogen-bond acceptors (Lipinski definition) is 7. The highest BCUT2D eigenvalue weighted by Gasteiger charge is 2.46. The summed E-state index contributed by atoms with van der Waals surface area (Å²) in [6.45, 7) is 4.25. The van der Waals surface area contributed by atoms with Gasteiger partial charge in [0.25, 0.3) is 11.7 Å². The van der Waals surface area contributed by atoms with Crippen molar-refractivity contribution in [3.05, 3.63) is 59.4 Å². The number of rotatable bonds is 8. The summed E-state index contributed by atoms with van der Waals surface area (Å²) >= 11 is 0. The average Bonchev–Trinajstić information content (AvgIpc) is 3.03. The fourth-order valence-corrected chi connectivity index (χ4v) is 3.53. The highest BCUT2D eigenvalue weighted by atomic mass is 16.5. The van der Waals surface area contributed by atoms with E-state index in [0.29, 0.717) is 22.6 Å². The molecule has 0 radical (unpaired) electrons. The summed E-state index contributed by atoms with van der Waals surface area (Å²) < 4.78 is 16.2. The standard InChI is InChI=1S/C23H26N2O6/c1-14(2)31-12-11-25-20(15-7-9-24-10-8-15)19(22(27)23(25)28)21(26)17-6-5-16(29-3)13-18(17)30-4/h5-10,13-14,20,26H,11-12H2,1-4H3/b21-19-. The minimum absolute atomic E-state index is 0.00999. The number of methoxy groups -OCH3 is 2. The molecule has 0 aliphatic carbocycles. The number of ketones is 1. The van der Waals surface area contributed by atoms with Gasteiger partial charge in [0.15, 0.2) is 0 Å². The maximum Gasteiger partial charge on any atom is 0.295 e. The third-order valence-electron chi connectivity index (χ3n) is 5.01. The Morgan fingerprint density at radius 1 is 1.13 bits per heavy atom. The molecule has 1 unspecified atom stereocenters. The molecule has 8 heteroatoms. The SMILES string of the molecule is COc1ccc(/C(O)=C2/C(=O)C(=O)N(CCOC(C)C)C2c2ccncc2)c(OC)c1. The average molecular weight is 426 g/mol. The summed E-state index contributed by atoms with van der Waals surface area (Å²) in [5.74, 6) is -0.915. The van der Waals surface area contributed by atoms with Gasteiger partial charge in [-0.2, -0.15) is 0 Å². The Labute approximate surface area is 181 Å². The molecule has 2 heterocycles. The summed E-state index contributed by atoms with van der Waals surface area (Å²) in [6.07, 6.45) is 3.14. The van der Waals surface area contributed by atoms with Crippen molar-refractivity contribution in [2.75, 3.05) is 27.4 Å². The number of amides is 1. The van der Waals surface area contributed by atoms with Gasteiger partial charge in [0, 0.05) is 25.0 Å². The highest BCUT2D eigenvalue weighted by Crippen LogP contribution is 2.41. The number of aromatic nitrogens is 1. The third-order valence-corrected chi connectivity index (χ3v) is 5.01. The van der Waals surface area contributed by atoms with Gasteiger partial charge in [-0.3, -0.25) is 14.6 Å². The van der Waals surface area contributed by atoms with Gasteiger partial charge in [-0.05, 0) is 43.7 Å². The van der Waals surface area contributed by atoms with Gasteiger partial charge in [-0.1, -0.05) is 0 Å². The molecule has 0 bridgehead atoms. The first-order chi connectivity index (χ1) is 14.9. The molecule has 0 saturated carbocycles. The molecule has 8 nitrogen and oxygen atoms in total. The molecule has 164 valence electrons. The van der Waals surface area contributed by atoms with Gasteiger partial charge in [0.05, 0.1) is 44.1 Å². The number of benzene rings is 1. The molecule has 1 aromatic heterocycles. The van der Waals surface area contributed by atoms with E-state index in [-0.39, 0.29) is 30.6 Å². The van der Waals surface area contributed by atoms with Crippen LogP contribution in [0, 0.1) is 0 Å². The predicted octanol–water partition coefficient (Wildman–Crippen LogP) is 2.95. The molecule has 1 N–H and O–H groups in total. The molecule has 1 fully saturated rings. The molecular weight excluding hydrogens is 400 g/mol. The van der Waals surface area contributed by atoms with Crippen LogP contribution in [0.4, 0.5) is 0 Å². The summed E-state index contributed by atoms with van der Waals surface area (Å²) in [5.41, 5.74) is 0.941. The Hall–Kier alpha value is -3.39. The Bertz CT molecular complexity index is 987. The number of aliphatic hydroxyl groups excluding tert-OH is 1. The lowest BCUT2D eigenvalue weighted by molar-refractivity contribution is -0.140. The van der Waals surface area contributed by atoms with E-state index in [9.17, 15) is 14.7 Å². The molecule has 2 aromatic rings. The van der Waals surface area contributed by atoms with Crippen molar-refractivity contribution in [1.82, 2.24) is 9.88 Å². The van der Waals surface area contributed by atoms with E-state index in [1.54, 1.807) is 42.7 Å². The minimum atomic E-state index is -0.773. The van der Waals surface area contributed by atoms with Crippen molar-refractivity contribution in [2.45, 2.75) is 26.0 Å². The number of likely N-dealkylation sites (tertiary alicyclic amines) is 1. The Kier molecular flexibility index (Phi) is 6.91. The van der Waals surface area contributed by atoms with Crippen LogP contribution in [0.15, 0.2) is 48.3 Å². The van der Waals surface area contributed by atoms with E-state index in [1.807, 2.05) is 13.8 Å². The monoisotopic (exact) mass is 426 g/mol. The summed E-state index contributed by atoms with van der Waals surface area (Å²) in [7, 11) is 2.97. The zero-order valence-electron chi connectivity index (χ0n) is 18.0. The number of carbonyl (C=O) groups is 2. The van der Waals surface area contributed by atoms with Gasteiger partial charge >= 0.3 is 0 Å². The first kappa shape index (κ1) is 22.3. The van der Waals surface area contributed by atoms with E-state index in [1.165, 1.54) is 19.1 Å². The van der Waals surface area contributed by atoms with Crippen LogP contribution in [0.2, 0.25) is 0 Å². The number of carbonyl (C=O) groups excluding carboxylic acids is 2. The van der Waals surface area contributed by atoms with Gasteiger partial charge in [-0.15, -0.1) is 0 Å². The second-order valence-electron chi connectivity index (χ2n) is 7.26. The molecule has 0 spiro atoms. The summed E-state index contributed by atoms with van der Waals surface area (Å²) in [5, 5.41) is 11.2. The van der Waals surface area contributed by atoms with Crippen molar-refractivity contribution >= 4 is 17.4 Å². The zero-order valence-corrected chi connectivity index (χ0v) is 18.0. The van der Waals surface area contributed by atoms with Crippen molar-refractivity contribution in [3.8, 4) is 11.5 Å². The lowest BCUT2D eigenvalue weighted by atomic mass is 9.95. The second-order valence-corrected chi connectivity index (χ2v) is 7.26. The Morgan fingerprint density at radius 3 is 2.45 bits per heavy atom. The van der Waals surface area contributed by atoms with Crippen LogP contribution in [0.3, 0.4) is 0 Å². The van der Waals surface area contributed by atoms with Gasteiger partial charge in [-0.25, -0.2) is 0 Å². The lowest BCUT2D eigenvalue weighted by Gasteiger charge is -2.25. The van der Waals surface area contributed by atoms with Crippen LogP contribution in [0.5, 0.6) is 11.5 Å². The van der Waals surface area contributed by atoms with Crippen LogP contribution >= 0.6 is 0 Å². The van der Waals surface area contributed by atoms with E-state index >= 15 is 0 Å². The van der Waals surface area contributed by atoms with E-state index in [0.717, 1.165) is 0 Å². The van der Waals surface area contributed by atoms with Crippen LogP contribution in [0.1, 0.15) is 31.0 Å². The van der Waals surface area contributed by atoms with Crippen molar-refractivity contribution in [3.63, 3.8) is 0 Å². The number of aliphatic hydroxyl groups is 1. The predicted molar refractivity (Wildman–Crippen MR) is 114 cm³/mol. The van der Waals surface area contributed by atoms with Gasteiger partial charge < -0.3 is 24.2 Å². The molecule has 1 atom stereocenters. The molecular formula is C23H26N2O6. The largest absolute Gasteiger partial charge is 0.507 e. The first-order valence-corrected chi connectivity index (χ1v) is 9.91. The van der Waals surface area contributed by atoms with Crippen LogP contribution in [0.25, 0.3) is 5.76 Å². The summed E-state index contributed by atoms with van der Waals surface area (Å²) in [4.78, 5) is 31.3. The molecule has 1 amide bonds. The Morgan fingerprint density at radius 2 is 1.84 bits per heavy atom. The second kappa shape index (κ2) is 9.61. The number of Topliss-reactive ketones (excluding diaryl/α,β-unsaturated/α-hetero) is 1. The lowest BCUT2D eigenvalue weighted by Crippen LogP contribution is -2.33. The maximum atomic E-state index is 13.0. The number of ether oxygens (including phenoxy) is 3. The number of pyridine rings is 1. The van der Waals surface area contributed by atoms with Gasteiger partial charge in [0.1, 0.15) is 17.3 Å². The quantitative estimate of drug-likeness (QED) is 0.394. The maximum absolute atomic E-state index is 13.0. The molecule has 31 heavy (non-hydrogen) atoms. The van der Waals surface area contributed by atoms with Crippen molar-refractivity contribution in [2.24, 2.45) is 0 Å². The Balaban J connectivity index is 2.12.